The number of hydrogen-bond donors (Lipinski definition) is 2. The van der Waals surface area contributed by atoms with Crippen LogP contribution in [0.3, 0.4) is 0 Å². The van der Waals surface area contributed by atoms with Gasteiger partial charge >= 0.3 is 0 Å². The summed E-state index contributed by atoms with van der Waals surface area (Å²) in [6, 6.07) is -0.414. The lowest BCUT2D eigenvalue weighted by Crippen LogP contribution is -2.35. The zero-order valence-corrected chi connectivity index (χ0v) is 7.94. The average Bonchev–Trinajstić information content (AvgIpc) is 1.87. The van der Waals surface area contributed by atoms with Gasteiger partial charge in [-0.25, -0.2) is 13.1 Å². The van der Waals surface area contributed by atoms with E-state index >= 15 is 0 Å². The minimum absolute atomic E-state index is 0.135. The molecule has 4 nitrogen and oxygen atoms in total. The predicted molar refractivity (Wildman–Crippen MR) is 42.4 cm³/mol. The lowest BCUT2D eigenvalue weighted by atomic mass is 10.4. The van der Waals surface area contributed by atoms with Gasteiger partial charge in [-0.2, -0.15) is 0 Å². The number of aliphatic hydroxyl groups is 1. The Morgan fingerprint density at radius 1 is 1.70 bits per heavy atom. The van der Waals surface area contributed by atoms with E-state index in [0.717, 1.165) is 0 Å². The van der Waals surface area contributed by atoms with Gasteiger partial charge < -0.3 is 5.11 Å². The van der Waals surface area contributed by atoms with E-state index in [-0.39, 0.29) is 11.3 Å². The molecule has 0 spiro atoms. The lowest BCUT2D eigenvalue weighted by molar-refractivity contribution is 0.265. The van der Waals surface area contributed by atoms with Crippen molar-refractivity contribution in [1.29, 1.82) is 0 Å². The van der Waals surface area contributed by atoms with Gasteiger partial charge in [-0.3, -0.25) is 0 Å². The van der Waals surface area contributed by atoms with Gasteiger partial charge in [-0.05, 0) is 6.92 Å². The van der Waals surface area contributed by atoms with Crippen molar-refractivity contribution in [3.63, 3.8) is 0 Å². The van der Waals surface area contributed by atoms with Crippen LogP contribution in [0, 0.1) is 0 Å². The average molecular weight is 232 g/mol. The van der Waals surface area contributed by atoms with Crippen LogP contribution in [0.5, 0.6) is 0 Å². The molecule has 0 heterocycles. The Bertz CT molecular complexity index is 179. The van der Waals surface area contributed by atoms with Crippen LogP contribution < -0.4 is 4.72 Å². The molecule has 0 aromatic rings. The Balaban J connectivity index is 3.90. The van der Waals surface area contributed by atoms with Crippen molar-refractivity contribution in [3.8, 4) is 0 Å². The highest BCUT2D eigenvalue weighted by molar-refractivity contribution is 9.10. The van der Waals surface area contributed by atoms with Crippen molar-refractivity contribution < 1.29 is 13.5 Å². The summed E-state index contributed by atoms with van der Waals surface area (Å²) < 4.78 is 23.5. The van der Waals surface area contributed by atoms with Gasteiger partial charge in [0, 0.05) is 6.04 Å². The lowest BCUT2D eigenvalue weighted by Gasteiger charge is -2.08. The fourth-order valence-electron chi connectivity index (χ4n) is 0.375. The molecule has 0 saturated carbocycles. The second kappa shape index (κ2) is 4.27. The van der Waals surface area contributed by atoms with E-state index in [9.17, 15) is 8.42 Å². The third kappa shape index (κ3) is 4.21. The molecular formula is C4H10BrNO3S. The van der Waals surface area contributed by atoms with Gasteiger partial charge in [-0.15, -0.1) is 0 Å². The molecule has 0 saturated heterocycles. The molecule has 0 aromatic carbocycles. The minimum Gasteiger partial charge on any atom is -0.395 e. The highest BCUT2D eigenvalue weighted by Gasteiger charge is 2.10. The monoisotopic (exact) mass is 231 g/mol. The molecule has 0 aromatic heterocycles. The molecule has 1 unspecified atom stereocenters. The summed E-state index contributed by atoms with van der Waals surface area (Å²) in [5, 5.41) is 8.45. The Morgan fingerprint density at radius 3 is 2.50 bits per heavy atom. The molecule has 6 heteroatoms. The van der Waals surface area contributed by atoms with Crippen LogP contribution >= 0.6 is 15.9 Å². The van der Waals surface area contributed by atoms with Crippen molar-refractivity contribution in [1.82, 2.24) is 4.72 Å². The first kappa shape index (κ1) is 10.3. The summed E-state index contributed by atoms with van der Waals surface area (Å²) in [5.74, 6) is 0. The van der Waals surface area contributed by atoms with E-state index in [1.807, 2.05) is 0 Å². The third-order valence-electron chi connectivity index (χ3n) is 0.798. The number of nitrogens with one attached hydrogen (secondary N) is 1. The Morgan fingerprint density at radius 2 is 2.20 bits per heavy atom. The van der Waals surface area contributed by atoms with Crippen LogP contribution in [0.25, 0.3) is 0 Å². The van der Waals surface area contributed by atoms with E-state index in [2.05, 4.69) is 20.7 Å². The highest BCUT2D eigenvalue weighted by atomic mass is 79.9. The van der Waals surface area contributed by atoms with Crippen LogP contribution in [0.15, 0.2) is 0 Å². The number of aliphatic hydroxyl groups excluding tert-OH is 1. The number of sulfonamides is 1. The first-order chi connectivity index (χ1) is 4.52. The molecule has 0 aliphatic rings. The minimum atomic E-state index is -3.22. The maximum atomic E-state index is 10.7. The second-order valence-corrected chi connectivity index (χ2v) is 4.98. The number of alkyl halides is 1. The largest absolute Gasteiger partial charge is 0.395 e. The molecular weight excluding hydrogens is 222 g/mol. The Kier molecular flexibility index (Phi) is 4.42. The van der Waals surface area contributed by atoms with Gasteiger partial charge in [0.1, 0.15) is 4.66 Å². The molecule has 0 aliphatic heterocycles. The molecule has 0 radical (unpaired) electrons. The Hall–Kier alpha value is 0.350. The first-order valence-corrected chi connectivity index (χ1v) is 5.46. The third-order valence-corrected chi connectivity index (χ3v) is 3.66. The maximum Gasteiger partial charge on any atom is 0.221 e. The zero-order chi connectivity index (χ0) is 8.20. The van der Waals surface area contributed by atoms with Crippen LogP contribution in [0.2, 0.25) is 0 Å². The Labute approximate surface area is 68.8 Å². The fourth-order valence-corrected chi connectivity index (χ4v) is 1.52. The second-order valence-electron chi connectivity index (χ2n) is 1.93. The van der Waals surface area contributed by atoms with Gasteiger partial charge in [0.05, 0.1) is 6.61 Å². The van der Waals surface area contributed by atoms with E-state index < -0.39 is 16.1 Å². The molecule has 0 fully saturated rings. The molecule has 62 valence electrons. The highest BCUT2D eigenvalue weighted by Crippen LogP contribution is 1.92. The SMILES string of the molecule is CC(CO)NS(=O)(=O)CBr. The van der Waals surface area contributed by atoms with E-state index in [1.165, 1.54) is 0 Å². The molecule has 1 atom stereocenters. The summed E-state index contributed by atoms with van der Waals surface area (Å²) in [5.41, 5.74) is 0. The summed E-state index contributed by atoms with van der Waals surface area (Å²) >= 11 is 2.80. The van der Waals surface area contributed by atoms with Crippen LogP contribution in [0.1, 0.15) is 6.92 Å². The summed E-state index contributed by atoms with van der Waals surface area (Å²) in [6.07, 6.45) is 0. The predicted octanol–water partition coefficient (Wildman–Crippen LogP) is -0.361. The summed E-state index contributed by atoms with van der Waals surface area (Å²) in [7, 11) is -3.22. The normalized spacial score (nSPS) is 15.1. The van der Waals surface area contributed by atoms with Crippen molar-refractivity contribution in [3.05, 3.63) is 0 Å². The van der Waals surface area contributed by atoms with Gasteiger partial charge in [-0.1, -0.05) is 15.9 Å². The number of halogens is 1. The van der Waals surface area contributed by atoms with Crippen LogP contribution in [-0.4, -0.2) is 30.8 Å². The summed E-state index contributed by atoms with van der Waals surface area (Å²) in [4.78, 5) is 0. The van der Waals surface area contributed by atoms with Crippen LogP contribution in [0.4, 0.5) is 0 Å². The summed E-state index contributed by atoms with van der Waals surface area (Å²) in [6.45, 7) is 1.40. The van der Waals surface area contributed by atoms with Crippen LogP contribution in [-0.2, 0) is 10.0 Å². The molecule has 2 N–H and O–H groups in total. The smallest absolute Gasteiger partial charge is 0.221 e. The van der Waals surface area contributed by atoms with E-state index in [0.29, 0.717) is 0 Å². The van der Waals surface area contributed by atoms with Crippen molar-refractivity contribution in [2.45, 2.75) is 13.0 Å². The zero-order valence-electron chi connectivity index (χ0n) is 5.54. The standard InChI is InChI=1S/C4H10BrNO3S/c1-4(2-7)6-10(8,9)3-5/h4,6-7H,2-3H2,1H3. The van der Waals surface area contributed by atoms with Gasteiger partial charge in [0.2, 0.25) is 10.0 Å². The van der Waals surface area contributed by atoms with E-state index in [1.54, 1.807) is 6.92 Å². The number of hydrogen-bond acceptors (Lipinski definition) is 3. The molecule has 0 aliphatic carbocycles. The molecule has 10 heavy (non-hydrogen) atoms. The van der Waals surface area contributed by atoms with E-state index in [4.69, 9.17) is 5.11 Å². The van der Waals surface area contributed by atoms with Gasteiger partial charge in [0.15, 0.2) is 0 Å². The maximum absolute atomic E-state index is 10.7. The topological polar surface area (TPSA) is 66.4 Å². The van der Waals surface area contributed by atoms with Gasteiger partial charge in [0.25, 0.3) is 0 Å². The fraction of sp³-hybridized carbons (Fsp3) is 1.00. The molecule has 0 amide bonds. The van der Waals surface area contributed by atoms with Crippen molar-refractivity contribution >= 4 is 26.0 Å². The van der Waals surface area contributed by atoms with Crippen molar-refractivity contribution in [2.24, 2.45) is 0 Å². The molecule has 0 bridgehead atoms. The van der Waals surface area contributed by atoms with Crippen molar-refractivity contribution in [2.75, 3.05) is 11.3 Å². The molecule has 0 rings (SSSR count). The first-order valence-electron chi connectivity index (χ1n) is 2.68. The number of rotatable bonds is 4. The quantitative estimate of drug-likeness (QED) is 0.650.